The molecule has 0 fully saturated rings. The Morgan fingerprint density at radius 2 is 0.476 bits per heavy atom. The van der Waals surface area contributed by atoms with Crippen molar-refractivity contribution in [1.29, 1.82) is 0 Å². The first kappa shape index (κ1) is 77.3. The van der Waals surface area contributed by atoms with Gasteiger partial charge in [0.2, 0.25) is 0 Å². The number of carbonyl (C=O) groups excluding carboxylic acids is 3. The summed E-state index contributed by atoms with van der Waals surface area (Å²) in [4.78, 5) is 38.3. The Morgan fingerprint density at radius 3 is 0.793 bits per heavy atom. The van der Waals surface area contributed by atoms with Crippen molar-refractivity contribution in [3.63, 3.8) is 0 Å². The number of ether oxygens (including phenoxy) is 3. The predicted octanol–water partition coefficient (Wildman–Crippen LogP) is 23.5. The summed E-state index contributed by atoms with van der Waals surface area (Å²) < 4.78 is 16.9. The Bertz CT molecular complexity index is 1780. The molecular formula is C76H124O6. The van der Waals surface area contributed by atoms with Crippen LogP contribution in [0, 0.1) is 0 Å². The molecule has 0 aliphatic heterocycles. The number of unbranched alkanes of at least 4 members (excludes halogenated alkanes) is 25. The third kappa shape index (κ3) is 66.1. The molecule has 82 heavy (non-hydrogen) atoms. The van der Waals surface area contributed by atoms with Gasteiger partial charge in [-0.1, -0.05) is 276 Å². The topological polar surface area (TPSA) is 78.9 Å². The Hall–Kier alpha value is -4.71. The molecule has 1 atom stereocenters. The first-order chi connectivity index (χ1) is 40.5. The fraction of sp³-hybridized carbons (Fsp3) is 0.645. The van der Waals surface area contributed by atoms with Crippen molar-refractivity contribution < 1.29 is 28.6 Å². The molecule has 0 bridgehead atoms. The lowest BCUT2D eigenvalue weighted by Gasteiger charge is -2.18. The summed E-state index contributed by atoms with van der Waals surface area (Å²) in [6.45, 7) is 6.47. The minimum atomic E-state index is -0.808. The molecule has 1 unspecified atom stereocenters. The summed E-state index contributed by atoms with van der Waals surface area (Å²) in [5.41, 5.74) is 0. The number of hydrogen-bond donors (Lipinski definition) is 0. The molecule has 0 spiro atoms. The highest BCUT2D eigenvalue weighted by Crippen LogP contribution is 2.15. The summed E-state index contributed by atoms with van der Waals surface area (Å²) in [7, 11) is 0. The Balaban J connectivity index is 4.40. The molecule has 0 saturated heterocycles. The molecule has 464 valence electrons. The highest BCUT2D eigenvalue weighted by Gasteiger charge is 2.19. The molecule has 6 heteroatoms. The maximum absolute atomic E-state index is 12.9. The van der Waals surface area contributed by atoms with Crippen LogP contribution in [0.25, 0.3) is 0 Å². The van der Waals surface area contributed by atoms with Gasteiger partial charge in [-0.05, 0) is 148 Å². The summed E-state index contributed by atoms with van der Waals surface area (Å²) in [6.07, 6.45) is 98.6. The molecule has 0 saturated carbocycles. The second-order valence-electron chi connectivity index (χ2n) is 22.0. The maximum Gasteiger partial charge on any atom is 0.306 e. The first-order valence-electron chi connectivity index (χ1n) is 33.8. The zero-order valence-corrected chi connectivity index (χ0v) is 53.2. The van der Waals surface area contributed by atoms with Crippen molar-refractivity contribution in [2.45, 2.75) is 303 Å². The minimum absolute atomic E-state index is 0.101. The van der Waals surface area contributed by atoms with E-state index in [9.17, 15) is 14.4 Å². The molecule has 0 aromatic rings. The number of hydrogen-bond acceptors (Lipinski definition) is 6. The minimum Gasteiger partial charge on any atom is -0.462 e. The molecule has 6 nitrogen and oxygen atoms in total. The van der Waals surface area contributed by atoms with Gasteiger partial charge in [-0.2, -0.15) is 0 Å². The molecule has 0 rings (SSSR count). The lowest BCUT2D eigenvalue weighted by molar-refractivity contribution is -0.167. The van der Waals surface area contributed by atoms with Crippen LogP contribution in [0.3, 0.4) is 0 Å². The molecular weight excluding hydrogens is 1010 g/mol. The zero-order chi connectivity index (χ0) is 59.2. The van der Waals surface area contributed by atoms with Gasteiger partial charge in [0, 0.05) is 19.3 Å². The zero-order valence-electron chi connectivity index (χ0n) is 53.2. The van der Waals surface area contributed by atoms with Gasteiger partial charge in [0.1, 0.15) is 13.2 Å². The van der Waals surface area contributed by atoms with Crippen LogP contribution in [0.4, 0.5) is 0 Å². The number of carbonyl (C=O) groups is 3. The Labute approximate surface area is 506 Å². The summed E-state index contributed by atoms with van der Waals surface area (Å²) >= 11 is 0. The van der Waals surface area contributed by atoms with Gasteiger partial charge in [-0.25, -0.2) is 0 Å². The third-order valence-electron chi connectivity index (χ3n) is 14.0. The van der Waals surface area contributed by atoms with Gasteiger partial charge in [0.15, 0.2) is 6.10 Å². The molecule has 0 heterocycles. The van der Waals surface area contributed by atoms with Gasteiger partial charge in [0.25, 0.3) is 0 Å². The number of rotatable bonds is 60. The summed E-state index contributed by atoms with van der Waals surface area (Å²) in [6, 6.07) is 0. The van der Waals surface area contributed by atoms with Crippen LogP contribution in [-0.4, -0.2) is 37.2 Å². The van der Waals surface area contributed by atoms with E-state index in [0.29, 0.717) is 25.7 Å². The van der Waals surface area contributed by atoms with Crippen LogP contribution >= 0.6 is 0 Å². The molecule has 0 aromatic carbocycles. The maximum atomic E-state index is 12.9. The van der Waals surface area contributed by atoms with E-state index in [4.69, 9.17) is 14.2 Å². The number of esters is 3. The van der Waals surface area contributed by atoms with Gasteiger partial charge in [0.05, 0.1) is 0 Å². The van der Waals surface area contributed by atoms with Crippen molar-refractivity contribution in [3.8, 4) is 0 Å². The SMILES string of the molecule is CC/C=C\C/C=C\C/C=C\C/C=C\C/C=C\C/C=C\C/C=C\C/C=C\C/C=C\C/C=C\CCCCC(=O)OCC(COC(=O)CCCCCCC/C=C\CCCCCC)OC(=O)CCCCCCCCC/C=C\CCCCCCCCC. The van der Waals surface area contributed by atoms with E-state index >= 15 is 0 Å². The fourth-order valence-electron chi connectivity index (χ4n) is 8.99. The summed E-state index contributed by atoms with van der Waals surface area (Å²) in [5, 5.41) is 0. The largest absolute Gasteiger partial charge is 0.462 e. The van der Waals surface area contributed by atoms with Crippen molar-refractivity contribution in [2.24, 2.45) is 0 Å². The van der Waals surface area contributed by atoms with Crippen molar-refractivity contribution in [2.75, 3.05) is 13.2 Å². The molecule has 0 aliphatic carbocycles. The van der Waals surface area contributed by atoms with Crippen LogP contribution in [0.5, 0.6) is 0 Å². The van der Waals surface area contributed by atoms with Crippen molar-refractivity contribution >= 4 is 17.9 Å². The monoisotopic (exact) mass is 1130 g/mol. The number of allylic oxidation sites excluding steroid dienone is 24. The summed E-state index contributed by atoms with van der Waals surface area (Å²) in [5.74, 6) is -0.957. The van der Waals surface area contributed by atoms with E-state index in [-0.39, 0.29) is 31.1 Å². The van der Waals surface area contributed by atoms with Crippen molar-refractivity contribution in [3.05, 3.63) is 146 Å². The van der Waals surface area contributed by atoms with Crippen LogP contribution in [0.1, 0.15) is 297 Å². The van der Waals surface area contributed by atoms with Crippen LogP contribution in [0.2, 0.25) is 0 Å². The van der Waals surface area contributed by atoms with Gasteiger partial charge in [-0.15, -0.1) is 0 Å². The van der Waals surface area contributed by atoms with Crippen LogP contribution < -0.4 is 0 Å². The van der Waals surface area contributed by atoms with E-state index in [1.54, 1.807) is 0 Å². The van der Waals surface area contributed by atoms with Crippen molar-refractivity contribution in [1.82, 2.24) is 0 Å². The van der Waals surface area contributed by atoms with Gasteiger partial charge in [-0.3, -0.25) is 14.4 Å². The predicted molar refractivity (Wildman–Crippen MR) is 357 cm³/mol. The Morgan fingerprint density at radius 1 is 0.256 bits per heavy atom. The van der Waals surface area contributed by atoms with E-state index in [0.717, 1.165) is 128 Å². The molecule has 0 aromatic heterocycles. The highest BCUT2D eigenvalue weighted by atomic mass is 16.6. The van der Waals surface area contributed by atoms with Gasteiger partial charge >= 0.3 is 17.9 Å². The quantitative estimate of drug-likeness (QED) is 0.0261. The normalized spacial score (nSPS) is 13.1. The Kier molecular flexibility index (Phi) is 64.8. The lowest BCUT2D eigenvalue weighted by atomic mass is 10.1. The average Bonchev–Trinajstić information content (AvgIpc) is 3.47. The van der Waals surface area contributed by atoms with E-state index in [2.05, 4.69) is 167 Å². The van der Waals surface area contributed by atoms with Crippen LogP contribution in [0.15, 0.2) is 146 Å². The molecule has 0 N–H and O–H groups in total. The second-order valence-corrected chi connectivity index (χ2v) is 22.0. The second kappa shape index (κ2) is 68.8. The van der Waals surface area contributed by atoms with Gasteiger partial charge < -0.3 is 14.2 Å². The van der Waals surface area contributed by atoms with E-state index in [1.165, 1.54) is 122 Å². The standard InChI is InChI=1S/C76H124O6/c1-4-7-10-13-16-19-22-25-27-29-31-32-33-34-35-36-37-38-39-40-41-42-43-44-45-47-48-51-54-57-60-63-66-69-75(78)81-72-73(71-80-74(77)68-65-62-59-56-53-50-24-21-18-15-12-9-6-3)82-76(79)70-67-64-61-58-55-52-49-46-30-28-26-23-20-17-14-11-8-5-2/h7,10,16,19,21,24-25,27-28,30-32,34-35,37-38,40-41,43-44,47-48,54,57,73H,4-6,8-9,11-15,17-18,20,22-23,26,29,33,36,39,42,45-46,49-53,55-56,58-72H2,1-3H3/b10-7-,19-16-,24-21-,27-25-,30-28-,32-31-,35-34-,38-37-,41-40-,44-43-,48-47-,57-54-. The average molecular weight is 1130 g/mol. The molecule has 0 amide bonds. The third-order valence-corrected chi connectivity index (χ3v) is 14.0. The van der Waals surface area contributed by atoms with E-state index in [1.807, 2.05) is 0 Å². The fourth-order valence-corrected chi connectivity index (χ4v) is 8.99. The first-order valence-corrected chi connectivity index (χ1v) is 33.8. The molecule has 0 aliphatic rings. The highest BCUT2D eigenvalue weighted by molar-refractivity contribution is 5.71. The van der Waals surface area contributed by atoms with Crippen LogP contribution in [-0.2, 0) is 28.6 Å². The molecule has 0 radical (unpaired) electrons. The lowest BCUT2D eigenvalue weighted by Crippen LogP contribution is -2.30. The van der Waals surface area contributed by atoms with E-state index < -0.39 is 6.10 Å². The smallest absolute Gasteiger partial charge is 0.306 e.